The molecule has 0 aliphatic carbocycles. The van der Waals surface area contributed by atoms with Crippen molar-refractivity contribution in [2.75, 3.05) is 19.8 Å². The van der Waals surface area contributed by atoms with Gasteiger partial charge >= 0.3 is 0 Å². The molecule has 88 valence electrons. The zero-order chi connectivity index (χ0) is 11.8. The van der Waals surface area contributed by atoms with Crippen LogP contribution in [0.2, 0.25) is 0 Å². The molecular formula is C11H15FN2O2. The van der Waals surface area contributed by atoms with Gasteiger partial charge in [0.05, 0.1) is 5.56 Å². The minimum atomic E-state index is -0.590. The van der Waals surface area contributed by atoms with Crippen LogP contribution in [0.25, 0.3) is 0 Å². The molecule has 0 unspecified atom stereocenters. The molecule has 0 bridgehead atoms. The van der Waals surface area contributed by atoms with Gasteiger partial charge in [0, 0.05) is 26.0 Å². The molecule has 0 saturated carbocycles. The van der Waals surface area contributed by atoms with Crippen molar-refractivity contribution in [3.8, 4) is 0 Å². The van der Waals surface area contributed by atoms with Gasteiger partial charge in [0.15, 0.2) is 0 Å². The molecular weight excluding hydrogens is 211 g/mol. The molecule has 0 radical (unpaired) electrons. The molecule has 4 nitrogen and oxygen atoms in total. The summed E-state index contributed by atoms with van der Waals surface area (Å²) in [5, 5.41) is 2.70. The quantitative estimate of drug-likeness (QED) is 0.589. The second-order valence-electron chi connectivity index (χ2n) is 3.18. The topological polar surface area (TPSA) is 51.2 Å². The highest BCUT2D eigenvalue weighted by atomic mass is 19.1. The predicted molar refractivity (Wildman–Crippen MR) is 57.6 cm³/mol. The smallest absolute Gasteiger partial charge is 0.252 e. The number of rotatable bonds is 6. The molecule has 0 aliphatic rings. The molecule has 5 heteroatoms. The second-order valence-corrected chi connectivity index (χ2v) is 3.18. The molecule has 0 atom stereocenters. The van der Waals surface area contributed by atoms with Gasteiger partial charge in [0.2, 0.25) is 5.95 Å². The summed E-state index contributed by atoms with van der Waals surface area (Å²) in [4.78, 5) is 14.9. The Morgan fingerprint density at radius 1 is 1.56 bits per heavy atom. The van der Waals surface area contributed by atoms with Crippen LogP contribution in [0.5, 0.6) is 0 Å². The summed E-state index contributed by atoms with van der Waals surface area (Å²) in [6.07, 6.45) is 1.97. The average molecular weight is 226 g/mol. The summed E-state index contributed by atoms with van der Waals surface area (Å²) in [6.45, 7) is 3.76. The SMILES string of the molecule is CCOCCCNC(=O)c1ccc(F)nc1. The van der Waals surface area contributed by atoms with E-state index >= 15 is 0 Å². The number of ether oxygens (including phenoxy) is 1. The van der Waals surface area contributed by atoms with Gasteiger partial charge < -0.3 is 10.1 Å². The molecule has 0 saturated heterocycles. The average Bonchev–Trinajstić information content (AvgIpc) is 2.29. The Bertz CT molecular complexity index is 327. The number of hydrogen-bond donors (Lipinski definition) is 1. The summed E-state index contributed by atoms with van der Waals surface area (Å²) < 4.78 is 17.6. The first-order valence-corrected chi connectivity index (χ1v) is 5.21. The van der Waals surface area contributed by atoms with Crippen molar-refractivity contribution >= 4 is 5.91 Å². The number of hydrogen-bond acceptors (Lipinski definition) is 3. The van der Waals surface area contributed by atoms with E-state index in [9.17, 15) is 9.18 Å². The van der Waals surface area contributed by atoms with Crippen LogP contribution in [-0.4, -0.2) is 30.6 Å². The van der Waals surface area contributed by atoms with E-state index in [1.54, 1.807) is 0 Å². The summed E-state index contributed by atoms with van der Waals surface area (Å²) >= 11 is 0. The lowest BCUT2D eigenvalue weighted by Crippen LogP contribution is -2.25. The van der Waals surface area contributed by atoms with E-state index in [1.165, 1.54) is 12.3 Å². The van der Waals surface area contributed by atoms with E-state index in [0.29, 0.717) is 25.3 Å². The van der Waals surface area contributed by atoms with Crippen LogP contribution in [0, 0.1) is 5.95 Å². The van der Waals surface area contributed by atoms with E-state index in [4.69, 9.17) is 4.74 Å². The number of aromatic nitrogens is 1. The summed E-state index contributed by atoms with van der Waals surface area (Å²) in [7, 11) is 0. The fourth-order valence-electron chi connectivity index (χ4n) is 1.13. The summed E-state index contributed by atoms with van der Waals surface area (Å²) in [5.41, 5.74) is 0.359. The van der Waals surface area contributed by atoms with Crippen LogP contribution in [0.3, 0.4) is 0 Å². The fourth-order valence-corrected chi connectivity index (χ4v) is 1.13. The maximum Gasteiger partial charge on any atom is 0.252 e. The third kappa shape index (κ3) is 4.35. The molecule has 1 aromatic rings. The van der Waals surface area contributed by atoms with Crippen molar-refractivity contribution in [1.82, 2.24) is 10.3 Å². The summed E-state index contributed by atoms with van der Waals surface area (Å²) in [6, 6.07) is 2.56. The van der Waals surface area contributed by atoms with Gasteiger partial charge in [-0.1, -0.05) is 0 Å². The first-order valence-electron chi connectivity index (χ1n) is 5.21. The van der Waals surface area contributed by atoms with Gasteiger partial charge in [-0.05, 0) is 25.5 Å². The molecule has 1 aromatic heterocycles. The highest BCUT2D eigenvalue weighted by Gasteiger charge is 2.04. The zero-order valence-corrected chi connectivity index (χ0v) is 9.20. The van der Waals surface area contributed by atoms with Gasteiger partial charge in [-0.15, -0.1) is 0 Å². The minimum Gasteiger partial charge on any atom is -0.382 e. The molecule has 1 heterocycles. The number of carbonyl (C=O) groups excluding carboxylic acids is 1. The Hall–Kier alpha value is -1.49. The normalized spacial score (nSPS) is 10.1. The number of nitrogens with zero attached hydrogens (tertiary/aromatic N) is 1. The number of nitrogens with one attached hydrogen (secondary N) is 1. The Morgan fingerprint density at radius 3 is 3.00 bits per heavy atom. The second kappa shape index (κ2) is 6.90. The lowest BCUT2D eigenvalue weighted by Gasteiger charge is -2.04. The Morgan fingerprint density at radius 2 is 2.38 bits per heavy atom. The Balaban J connectivity index is 2.27. The number of pyridine rings is 1. The molecule has 0 aromatic carbocycles. The Kier molecular flexibility index (Phi) is 5.42. The first-order chi connectivity index (χ1) is 7.74. The predicted octanol–water partition coefficient (Wildman–Crippen LogP) is 1.38. The van der Waals surface area contributed by atoms with E-state index in [-0.39, 0.29) is 5.91 Å². The largest absolute Gasteiger partial charge is 0.382 e. The van der Waals surface area contributed by atoms with Crippen LogP contribution in [0.15, 0.2) is 18.3 Å². The van der Waals surface area contributed by atoms with E-state index in [0.717, 1.165) is 12.5 Å². The highest BCUT2D eigenvalue weighted by Crippen LogP contribution is 1.98. The monoisotopic (exact) mass is 226 g/mol. The standard InChI is InChI=1S/C11H15FN2O2/c1-2-16-7-3-6-13-11(15)9-4-5-10(12)14-8-9/h4-5,8H,2-3,6-7H2,1H3,(H,13,15). The molecule has 0 fully saturated rings. The Labute approximate surface area is 93.8 Å². The van der Waals surface area contributed by atoms with Crippen molar-refractivity contribution < 1.29 is 13.9 Å². The van der Waals surface area contributed by atoms with Crippen molar-refractivity contribution in [2.45, 2.75) is 13.3 Å². The van der Waals surface area contributed by atoms with E-state index in [1.807, 2.05) is 6.92 Å². The third-order valence-electron chi connectivity index (χ3n) is 1.94. The van der Waals surface area contributed by atoms with Crippen LogP contribution in [0.1, 0.15) is 23.7 Å². The van der Waals surface area contributed by atoms with Gasteiger partial charge in [-0.2, -0.15) is 4.39 Å². The maximum atomic E-state index is 12.5. The van der Waals surface area contributed by atoms with Crippen molar-refractivity contribution in [2.24, 2.45) is 0 Å². The van der Waals surface area contributed by atoms with Crippen molar-refractivity contribution in [3.05, 3.63) is 29.8 Å². The van der Waals surface area contributed by atoms with Gasteiger partial charge in [0.25, 0.3) is 5.91 Å². The van der Waals surface area contributed by atoms with Crippen LogP contribution in [-0.2, 0) is 4.74 Å². The van der Waals surface area contributed by atoms with Gasteiger partial charge in [-0.25, -0.2) is 4.98 Å². The van der Waals surface area contributed by atoms with Crippen molar-refractivity contribution in [3.63, 3.8) is 0 Å². The van der Waals surface area contributed by atoms with Crippen LogP contribution in [0.4, 0.5) is 4.39 Å². The van der Waals surface area contributed by atoms with Crippen molar-refractivity contribution in [1.29, 1.82) is 0 Å². The summed E-state index contributed by atoms with van der Waals surface area (Å²) in [5.74, 6) is -0.836. The number of halogens is 1. The molecule has 1 amide bonds. The lowest BCUT2D eigenvalue weighted by molar-refractivity contribution is 0.0944. The van der Waals surface area contributed by atoms with Crippen LogP contribution < -0.4 is 5.32 Å². The van der Waals surface area contributed by atoms with Gasteiger partial charge in [-0.3, -0.25) is 4.79 Å². The number of carbonyl (C=O) groups is 1. The van der Waals surface area contributed by atoms with E-state index < -0.39 is 5.95 Å². The maximum absolute atomic E-state index is 12.5. The van der Waals surface area contributed by atoms with Gasteiger partial charge in [0.1, 0.15) is 0 Å². The first kappa shape index (κ1) is 12.6. The zero-order valence-electron chi connectivity index (χ0n) is 9.20. The fraction of sp³-hybridized carbons (Fsp3) is 0.455. The minimum absolute atomic E-state index is 0.246. The molecule has 0 aliphatic heterocycles. The molecule has 1 N–H and O–H groups in total. The van der Waals surface area contributed by atoms with E-state index in [2.05, 4.69) is 10.3 Å². The lowest BCUT2D eigenvalue weighted by atomic mass is 10.2. The molecule has 16 heavy (non-hydrogen) atoms. The molecule has 1 rings (SSSR count). The van der Waals surface area contributed by atoms with Crippen LogP contribution >= 0.6 is 0 Å². The highest BCUT2D eigenvalue weighted by molar-refractivity contribution is 5.93. The number of amides is 1. The third-order valence-corrected chi connectivity index (χ3v) is 1.94. The molecule has 0 spiro atoms.